The lowest BCUT2D eigenvalue weighted by atomic mass is 10.0. The van der Waals surface area contributed by atoms with Crippen LogP contribution in [-0.4, -0.2) is 67.1 Å². The molecule has 0 unspecified atom stereocenters. The van der Waals surface area contributed by atoms with Gasteiger partial charge in [0.25, 0.3) is 5.91 Å². The van der Waals surface area contributed by atoms with Crippen LogP contribution >= 0.6 is 11.3 Å². The highest BCUT2D eigenvalue weighted by Crippen LogP contribution is 2.32. The van der Waals surface area contributed by atoms with Crippen molar-refractivity contribution >= 4 is 49.9 Å². The SMILES string of the molecule is CC(=O)Nc1ccc(NC(=O)c2ccc3nc(N4CCC(N5CCOCC5)CC4)sc3c2)cc1. The van der Waals surface area contributed by atoms with Crippen molar-refractivity contribution in [2.24, 2.45) is 0 Å². The molecule has 3 heterocycles. The summed E-state index contributed by atoms with van der Waals surface area (Å²) in [6.07, 6.45) is 2.29. The second-order valence-corrected chi connectivity index (χ2v) is 9.77. The first-order valence-corrected chi connectivity index (χ1v) is 12.5. The Labute approximate surface area is 202 Å². The number of nitrogens with one attached hydrogen (secondary N) is 2. The molecule has 2 N–H and O–H groups in total. The predicted molar refractivity (Wildman–Crippen MR) is 136 cm³/mol. The Balaban J connectivity index is 1.22. The lowest BCUT2D eigenvalue weighted by Crippen LogP contribution is -2.49. The molecule has 0 bridgehead atoms. The fourth-order valence-corrected chi connectivity index (χ4v) is 5.65. The zero-order chi connectivity index (χ0) is 23.5. The maximum absolute atomic E-state index is 12.8. The summed E-state index contributed by atoms with van der Waals surface area (Å²) in [4.78, 5) is 33.7. The summed E-state index contributed by atoms with van der Waals surface area (Å²) in [7, 11) is 0. The van der Waals surface area contributed by atoms with Crippen molar-refractivity contribution in [3.8, 4) is 0 Å². The first kappa shape index (κ1) is 22.8. The van der Waals surface area contributed by atoms with E-state index >= 15 is 0 Å². The predicted octanol–water partition coefficient (Wildman–Crippen LogP) is 3.81. The fraction of sp³-hybridized carbons (Fsp3) is 0.400. The van der Waals surface area contributed by atoms with E-state index in [-0.39, 0.29) is 11.8 Å². The molecule has 8 nitrogen and oxygen atoms in total. The molecule has 2 fully saturated rings. The molecule has 5 rings (SSSR count). The Morgan fingerprint density at radius 1 is 0.971 bits per heavy atom. The van der Waals surface area contributed by atoms with E-state index in [0.717, 1.165) is 67.6 Å². The molecule has 2 aliphatic rings. The Morgan fingerprint density at radius 3 is 2.32 bits per heavy atom. The summed E-state index contributed by atoms with van der Waals surface area (Å²) >= 11 is 1.65. The second-order valence-electron chi connectivity index (χ2n) is 8.76. The largest absolute Gasteiger partial charge is 0.379 e. The summed E-state index contributed by atoms with van der Waals surface area (Å²) in [5.41, 5.74) is 2.89. The van der Waals surface area contributed by atoms with Crippen molar-refractivity contribution in [2.45, 2.75) is 25.8 Å². The summed E-state index contributed by atoms with van der Waals surface area (Å²) in [6, 6.07) is 13.4. The van der Waals surface area contributed by atoms with Crippen molar-refractivity contribution in [3.63, 3.8) is 0 Å². The minimum Gasteiger partial charge on any atom is -0.379 e. The average molecular weight is 480 g/mol. The van der Waals surface area contributed by atoms with Gasteiger partial charge in [-0.25, -0.2) is 4.98 Å². The van der Waals surface area contributed by atoms with Gasteiger partial charge in [0.05, 0.1) is 23.4 Å². The third kappa shape index (κ3) is 5.22. The van der Waals surface area contributed by atoms with Gasteiger partial charge in [-0.1, -0.05) is 11.3 Å². The number of morpholine rings is 1. The average Bonchev–Trinajstić information content (AvgIpc) is 3.29. The molecule has 34 heavy (non-hydrogen) atoms. The van der Waals surface area contributed by atoms with E-state index in [0.29, 0.717) is 23.0 Å². The molecular formula is C25H29N5O3S. The molecule has 0 atom stereocenters. The quantitative estimate of drug-likeness (QED) is 0.579. The zero-order valence-corrected chi connectivity index (χ0v) is 20.1. The first-order valence-electron chi connectivity index (χ1n) is 11.7. The zero-order valence-electron chi connectivity index (χ0n) is 19.3. The number of carbonyl (C=O) groups excluding carboxylic acids is 2. The van der Waals surface area contributed by atoms with Crippen LogP contribution in [0.4, 0.5) is 16.5 Å². The highest BCUT2D eigenvalue weighted by atomic mass is 32.1. The third-order valence-electron chi connectivity index (χ3n) is 6.40. The van der Waals surface area contributed by atoms with E-state index < -0.39 is 0 Å². The van der Waals surface area contributed by atoms with Crippen LogP contribution in [-0.2, 0) is 9.53 Å². The van der Waals surface area contributed by atoms with E-state index in [1.165, 1.54) is 6.92 Å². The molecule has 0 radical (unpaired) electrons. The molecule has 0 aliphatic carbocycles. The summed E-state index contributed by atoms with van der Waals surface area (Å²) in [6.45, 7) is 7.23. The van der Waals surface area contributed by atoms with Crippen LogP contribution in [0.1, 0.15) is 30.1 Å². The molecule has 9 heteroatoms. The number of aromatic nitrogens is 1. The van der Waals surface area contributed by atoms with Gasteiger partial charge < -0.3 is 20.3 Å². The van der Waals surface area contributed by atoms with Gasteiger partial charge >= 0.3 is 0 Å². The highest BCUT2D eigenvalue weighted by Gasteiger charge is 2.27. The second kappa shape index (κ2) is 10.1. The normalized spacial score (nSPS) is 17.6. The van der Waals surface area contributed by atoms with E-state index in [1.54, 1.807) is 35.6 Å². The summed E-state index contributed by atoms with van der Waals surface area (Å²) < 4.78 is 6.50. The lowest BCUT2D eigenvalue weighted by Gasteiger charge is -2.40. The number of hydrogen-bond donors (Lipinski definition) is 2. The van der Waals surface area contributed by atoms with Crippen molar-refractivity contribution < 1.29 is 14.3 Å². The molecule has 178 valence electrons. The molecule has 2 aliphatic heterocycles. The van der Waals surface area contributed by atoms with Gasteiger partial charge in [-0.2, -0.15) is 0 Å². The Morgan fingerprint density at radius 2 is 1.65 bits per heavy atom. The maximum atomic E-state index is 12.8. The number of carbonyl (C=O) groups is 2. The standard InChI is InChI=1S/C25H29N5O3S/c1-17(31)26-19-3-5-20(6-4-19)27-24(32)18-2-7-22-23(16-18)34-25(28-22)30-10-8-21(9-11-30)29-12-14-33-15-13-29/h2-7,16,21H,8-15H2,1H3,(H,26,31)(H,27,32). The molecule has 0 spiro atoms. The fourth-order valence-electron chi connectivity index (χ4n) is 4.60. The first-order chi connectivity index (χ1) is 16.5. The summed E-state index contributed by atoms with van der Waals surface area (Å²) in [5.74, 6) is -0.300. The van der Waals surface area contributed by atoms with Crippen LogP contribution in [0.2, 0.25) is 0 Å². The number of rotatable bonds is 5. The number of hydrogen-bond acceptors (Lipinski definition) is 7. The van der Waals surface area contributed by atoms with Crippen molar-refractivity contribution in [1.82, 2.24) is 9.88 Å². The summed E-state index contributed by atoms with van der Waals surface area (Å²) in [5, 5.41) is 6.66. The van der Waals surface area contributed by atoms with Gasteiger partial charge in [-0.05, 0) is 55.3 Å². The minimum atomic E-state index is -0.171. The molecule has 1 aromatic heterocycles. The van der Waals surface area contributed by atoms with Crippen molar-refractivity contribution in [2.75, 3.05) is 54.9 Å². The molecule has 2 aromatic carbocycles. The van der Waals surface area contributed by atoms with Crippen LogP contribution in [0.25, 0.3) is 10.2 Å². The van der Waals surface area contributed by atoms with Gasteiger partial charge in [0.2, 0.25) is 5.91 Å². The van der Waals surface area contributed by atoms with Crippen LogP contribution < -0.4 is 15.5 Å². The molecule has 3 aromatic rings. The van der Waals surface area contributed by atoms with Gasteiger partial charge in [0, 0.05) is 56.1 Å². The monoisotopic (exact) mass is 479 g/mol. The number of ether oxygens (including phenoxy) is 1. The van der Waals surface area contributed by atoms with Crippen LogP contribution in [0.5, 0.6) is 0 Å². The van der Waals surface area contributed by atoms with Gasteiger partial charge in [-0.15, -0.1) is 0 Å². The van der Waals surface area contributed by atoms with Gasteiger partial charge in [0.15, 0.2) is 5.13 Å². The number of fused-ring (bicyclic) bond motifs is 1. The van der Waals surface area contributed by atoms with Gasteiger partial charge in [0.1, 0.15) is 0 Å². The number of amides is 2. The number of benzene rings is 2. The van der Waals surface area contributed by atoms with Crippen molar-refractivity contribution in [1.29, 1.82) is 0 Å². The third-order valence-corrected chi connectivity index (χ3v) is 7.48. The van der Waals surface area contributed by atoms with E-state index in [9.17, 15) is 9.59 Å². The molecule has 0 saturated carbocycles. The topological polar surface area (TPSA) is 86.8 Å². The van der Waals surface area contributed by atoms with Crippen molar-refractivity contribution in [3.05, 3.63) is 48.0 Å². The van der Waals surface area contributed by atoms with E-state index in [1.807, 2.05) is 18.2 Å². The highest BCUT2D eigenvalue weighted by molar-refractivity contribution is 7.22. The number of nitrogens with zero attached hydrogens (tertiary/aromatic N) is 3. The Bertz CT molecular complexity index is 1170. The molecular weight excluding hydrogens is 450 g/mol. The van der Waals surface area contributed by atoms with Crippen LogP contribution in [0, 0.1) is 0 Å². The van der Waals surface area contributed by atoms with Crippen LogP contribution in [0.15, 0.2) is 42.5 Å². The van der Waals surface area contributed by atoms with E-state index in [2.05, 4.69) is 20.4 Å². The number of thiazole rings is 1. The minimum absolute atomic E-state index is 0.129. The Hall–Kier alpha value is -3.01. The number of anilines is 3. The Kier molecular flexibility index (Phi) is 6.75. The van der Waals surface area contributed by atoms with E-state index in [4.69, 9.17) is 9.72 Å². The lowest BCUT2D eigenvalue weighted by molar-refractivity contribution is -0.114. The van der Waals surface area contributed by atoms with Crippen LogP contribution in [0.3, 0.4) is 0 Å². The molecule has 2 saturated heterocycles. The van der Waals surface area contributed by atoms with Gasteiger partial charge in [-0.3, -0.25) is 14.5 Å². The molecule has 2 amide bonds. The smallest absolute Gasteiger partial charge is 0.255 e. The maximum Gasteiger partial charge on any atom is 0.255 e. The number of piperidine rings is 1.